The Morgan fingerprint density at radius 3 is 2.72 bits per heavy atom. The smallest absolute Gasteiger partial charge is 0.307 e. The number of rotatable bonds is 9. The van der Waals surface area contributed by atoms with Crippen LogP contribution < -0.4 is 5.32 Å². The van der Waals surface area contributed by atoms with Gasteiger partial charge >= 0.3 is 5.97 Å². The fourth-order valence-corrected chi connectivity index (χ4v) is 4.39. The van der Waals surface area contributed by atoms with Gasteiger partial charge in [-0.3, -0.25) is 14.2 Å². The monoisotopic (exact) mass is 460 g/mol. The van der Waals surface area contributed by atoms with E-state index in [1.807, 2.05) is 31.4 Å². The fraction of sp³-hybridized carbons (Fsp3) is 0.565. The Labute approximate surface area is 193 Å². The van der Waals surface area contributed by atoms with Gasteiger partial charge in [-0.1, -0.05) is 24.3 Å². The first kappa shape index (κ1) is 24.1. The first-order chi connectivity index (χ1) is 15.2. The number of nitrogens with zero attached hydrogens (tertiary/aromatic N) is 3. The maximum Gasteiger partial charge on any atom is 0.307 e. The molecule has 0 saturated carbocycles. The standard InChI is InChI=1S/C23H32N4O4S/c1-5-30-19(29)12-13-26-22(32)27(18-11-10-16-8-6-7-9-17(16)14-18)20(25-26)21(24-15-28)31-23(2,3)4/h6-9,15,18,21H,5,10-14H2,1-4H3,(H,24,28). The number of amides is 1. The molecular formula is C23H32N4O4S. The lowest BCUT2D eigenvalue weighted by Crippen LogP contribution is -2.34. The highest BCUT2D eigenvalue weighted by atomic mass is 32.1. The second-order valence-corrected chi connectivity index (χ2v) is 9.21. The Hall–Kier alpha value is -2.52. The summed E-state index contributed by atoms with van der Waals surface area (Å²) in [7, 11) is 0. The SMILES string of the molecule is CCOC(=O)CCn1nc(C(NC=O)OC(C)(C)C)n(C2CCc3ccccc3C2)c1=S. The molecule has 1 aromatic carbocycles. The number of aromatic nitrogens is 3. The van der Waals surface area contributed by atoms with Crippen molar-refractivity contribution in [2.75, 3.05) is 6.61 Å². The third kappa shape index (κ3) is 5.83. The van der Waals surface area contributed by atoms with Gasteiger partial charge in [-0.2, -0.15) is 5.10 Å². The molecule has 0 aliphatic heterocycles. The number of esters is 1. The minimum absolute atomic E-state index is 0.0725. The van der Waals surface area contributed by atoms with Gasteiger partial charge < -0.3 is 14.8 Å². The summed E-state index contributed by atoms with van der Waals surface area (Å²) in [5.41, 5.74) is 2.11. The van der Waals surface area contributed by atoms with Crippen LogP contribution in [0.1, 0.15) is 69.8 Å². The van der Waals surface area contributed by atoms with Crippen molar-refractivity contribution in [3.8, 4) is 0 Å². The molecule has 2 atom stereocenters. The molecule has 0 bridgehead atoms. The van der Waals surface area contributed by atoms with Crippen LogP contribution >= 0.6 is 12.2 Å². The molecule has 1 aromatic heterocycles. The van der Waals surface area contributed by atoms with E-state index in [2.05, 4.69) is 23.5 Å². The fourth-order valence-electron chi connectivity index (χ4n) is 4.01. The van der Waals surface area contributed by atoms with E-state index < -0.39 is 11.8 Å². The number of fused-ring (bicyclic) bond motifs is 1. The lowest BCUT2D eigenvalue weighted by Gasteiger charge is -2.30. The summed E-state index contributed by atoms with van der Waals surface area (Å²) < 4.78 is 15.3. The summed E-state index contributed by atoms with van der Waals surface area (Å²) in [6.45, 7) is 8.15. The number of aryl methyl sites for hydroxylation is 2. The number of hydrogen-bond acceptors (Lipinski definition) is 6. The number of carbonyl (C=O) groups excluding carboxylic acids is 2. The third-order valence-corrected chi connectivity index (χ3v) is 5.75. The second-order valence-electron chi connectivity index (χ2n) is 8.85. The van der Waals surface area contributed by atoms with Gasteiger partial charge in [0, 0.05) is 6.04 Å². The number of ether oxygens (including phenoxy) is 2. The van der Waals surface area contributed by atoms with Crippen molar-refractivity contribution in [1.29, 1.82) is 0 Å². The molecule has 9 heteroatoms. The van der Waals surface area contributed by atoms with Crippen LogP contribution in [0.4, 0.5) is 0 Å². The predicted molar refractivity (Wildman–Crippen MR) is 123 cm³/mol. The summed E-state index contributed by atoms with van der Waals surface area (Å²) in [5.74, 6) is 0.232. The number of carbonyl (C=O) groups is 2. The largest absolute Gasteiger partial charge is 0.466 e. The van der Waals surface area contributed by atoms with Crippen LogP contribution in [0.15, 0.2) is 24.3 Å². The highest BCUT2D eigenvalue weighted by molar-refractivity contribution is 7.71. The van der Waals surface area contributed by atoms with Crippen LogP contribution in [0.2, 0.25) is 0 Å². The zero-order valence-electron chi connectivity index (χ0n) is 19.2. The van der Waals surface area contributed by atoms with Gasteiger partial charge in [0.25, 0.3) is 0 Å². The number of hydrogen-bond donors (Lipinski definition) is 1. The van der Waals surface area contributed by atoms with Crippen LogP contribution in [0.25, 0.3) is 0 Å². The normalized spacial score (nSPS) is 16.8. The third-order valence-electron chi connectivity index (χ3n) is 5.34. The maximum atomic E-state index is 11.9. The summed E-state index contributed by atoms with van der Waals surface area (Å²) in [6.07, 6.45) is 2.64. The van der Waals surface area contributed by atoms with E-state index in [-0.39, 0.29) is 18.4 Å². The first-order valence-electron chi connectivity index (χ1n) is 11.0. The summed E-state index contributed by atoms with van der Waals surface area (Å²) >= 11 is 5.79. The molecule has 1 aliphatic carbocycles. The van der Waals surface area contributed by atoms with Gasteiger partial charge in [0.2, 0.25) is 6.41 Å². The van der Waals surface area contributed by atoms with Gasteiger partial charge in [-0.25, -0.2) is 4.68 Å². The van der Waals surface area contributed by atoms with Crippen molar-refractivity contribution in [2.45, 2.75) is 77.8 Å². The predicted octanol–water partition coefficient (Wildman–Crippen LogP) is 3.66. The lowest BCUT2D eigenvalue weighted by molar-refractivity contribution is -0.143. The molecule has 8 nitrogen and oxygen atoms in total. The highest BCUT2D eigenvalue weighted by Gasteiger charge is 2.30. The molecule has 1 amide bonds. The quantitative estimate of drug-likeness (QED) is 0.266. The molecule has 2 aromatic rings. The molecule has 0 saturated heterocycles. The Bertz CT molecular complexity index is 1010. The summed E-state index contributed by atoms with van der Waals surface area (Å²) in [4.78, 5) is 23.3. The van der Waals surface area contributed by atoms with Gasteiger partial charge in [-0.15, -0.1) is 0 Å². The average molecular weight is 461 g/mol. The molecule has 3 rings (SSSR count). The average Bonchev–Trinajstić information content (AvgIpc) is 3.07. The Morgan fingerprint density at radius 2 is 2.06 bits per heavy atom. The van der Waals surface area contributed by atoms with Crippen LogP contribution in [-0.2, 0) is 38.4 Å². The minimum Gasteiger partial charge on any atom is -0.466 e. The zero-order chi connectivity index (χ0) is 23.3. The van der Waals surface area contributed by atoms with Crippen molar-refractivity contribution < 1.29 is 19.1 Å². The zero-order valence-corrected chi connectivity index (χ0v) is 20.0. The van der Waals surface area contributed by atoms with Crippen molar-refractivity contribution in [3.05, 3.63) is 46.0 Å². The van der Waals surface area contributed by atoms with Gasteiger partial charge in [0.05, 0.1) is 25.2 Å². The molecule has 1 heterocycles. The van der Waals surface area contributed by atoms with Crippen molar-refractivity contribution in [1.82, 2.24) is 19.7 Å². The van der Waals surface area contributed by atoms with Gasteiger partial charge in [0.15, 0.2) is 16.8 Å². The Morgan fingerprint density at radius 1 is 1.34 bits per heavy atom. The van der Waals surface area contributed by atoms with Crippen molar-refractivity contribution in [3.63, 3.8) is 0 Å². The van der Waals surface area contributed by atoms with Crippen molar-refractivity contribution in [2.24, 2.45) is 0 Å². The van der Waals surface area contributed by atoms with E-state index in [4.69, 9.17) is 26.8 Å². The van der Waals surface area contributed by atoms with E-state index >= 15 is 0 Å². The molecule has 0 spiro atoms. The minimum atomic E-state index is -0.768. The highest BCUT2D eigenvalue weighted by Crippen LogP contribution is 2.32. The van der Waals surface area contributed by atoms with Gasteiger partial charge in [-0.05, 0) is 70.3 Å². The molecule has 1 aliphatic rings. The first-order valence-corrected chi connectivity index (χ1v) is 11.4. The van der Waals surface area contributed by atoms with E-state index in [1.165, 1.54) is 11.1 Å². The summed E-state index contributed by atoms with van der Waals surface area (Å²) in [6, 6.07) is 8.48. The van der Waals surface area contributed by atoms with Crippen LogP contribution in [0, 0.1) is 4.77 Å². The topological polar surface area (TPSA) is 87.4 Å². The van der Waals surface area contributed by atoms with E-state index in [1.54, 1.807) is 11.6 Å². The molecule has 2 unspecified atom stereocenters. The lowest BCUT2D eigenvalue weighted by atomic mass is 9.88. The van der Waals surface area contributed by atoms with Crippen LogP contribution in [-0.4, -0.2) is 38.9 Å². The molecular weight excluding hydrogens is 428 g/mol. The molecule has 1 N–H and O–H groups in total. The van der Waals surface area contributed by atoms with E-state index in [0.717, 1.165) is 19.3 Å². The maximum absolute atomic E-state index is 11.9. The van der Waals surface area contributed by atoms with E-state index in [9.17, 15) is 9.59 Å². The Balaban J connectivity index is 2.00. The van der Waals surface area contributed by atoms with Crippen LogP contribution in [0.5, 0.6) is 0 Å². The van der Waals surface area contributed by atoms with E-state index in [0.29, 0.717) is 30.2 Å². The van der Waals surface area contributed by atoms with Crippen LogP contribution in [0.3, 0.4) is 0 Å². The van der Waals surface area contributed by atoms with Gasteiger partial charge in [0.1, 0.15) is 0 Å². The summed E-state index contributed by atoms with van der Waals surface area (Å²) in [5, 5.41) is 7.44. The number of benzene rings is 1. The number of nitrogens with one attached hydrogen (secondary N) is 1. The second kappa shape index (κ2) is 10.4. The molecule has 0 radical (unpaired) electrons. The Kier molecular flexibility index (Phi) is 7.84. The van der Waals surface area contributed by atoms with Crippen molar-refractivity contribution >= 4 is 24.6 Å². The molecule has 32 heavy (non-hydrogen) atoms. The molecule has 174 valence electrons. The molecule has 0 fully saturated rings.